The molecule has 1 N–H and O–H groups in total. The lowest BCUT2D eigenvalue weighted by Crippen LogP contribution is -2.46. The first-order chi connectivity index (χ1) is 12.3. The van der Waals surface area contributed by atoms with E-state index >= 15 is 0 Å². The number of aromatic nitrogens is 3. The number of hydrogen-bond acceptors (Lipinski definition) is 7. The Morgan fingerprint density at radius 1 is 1.20 bits per heavy atom. The second kappa shape index (κ2) is 8.62. The van der Waals surface area contributed by atoms with Crippen LogP contribution in [0, 0.1) is 0 Å². The van der Waals surface area contributed by atoms with Crippen LogP contribution in [0.2, 0.25) is 0 Å². The van der Waals surface area contributed by atoms with Crippen LogP contribution >= 0.6 is 0 Å². The summed E-state index contributed by atoms with van der Waals surface area (Å²) >= 11 is 0. The topological polar surface area (TPSA) is 66.4 Å². The van der Waals surface area contributed by atoms with Gasteiger partial charge in [-0.25, -0.2) is 0 Å². The Morgan fingerprint density at radius 3 is 2.80 bits per heavy atom. The number of benzene rings is 1. The molecule has 3 rings (SSSR count). The molecule has 0 bridgehead atoms. The first-order valence-electron chi connectivity index (χ1n) is 8.82. The van der Waals surface area contributed by atoms with Gasteiger partial charge in [0.25, 0.3) is 0 Å². The average Bonchev–Trinajstić information content (AvgIpc) is 2.68. The molecule has 2 aromatic rings. The Balaban J connectivity index is 1.53. The first kappa shape index (κ1) is 17.4. The van der Waals surface area contributed by atoms with Gasteiger partial charge >= 0.3 is 0 Å². The Bertz CT molecular complexity index is 672. The van der Waals surface area contributed by atoms with E-state index in [2.05, 4.69) is 49.4 Å². The van der Waals surface area contributed by atoms with Crippen LogP contribution in [0.4, 0.5) is 11.8 Å². The molecule has 0 amide bonds. The molecular formula is C18H26N6O. The lowest BCUT2D eigenvalue weighted by Gasteiger charge is -2.33. The number of piperazine rings is 1. The lowest BCUT2D eigenvalue weighted by molar-refractivity contribution is 0.269. The fourth-order valence-corrected chi connectivity index (χ4v) is 2.94. The number of ether oxygens (including phenoxy) is 1. The highest BCUT2D eigenvalue weighted by Gasteiger charge is 2.18. The van der Waals surface area contributed by atoms with Crippen molar-refractivity contribution in [3.63, 3.8) is 0 Å². The van der Waals surface area contributed by atoms with E-state index in [0.29, 0.717) is 5.95 Å². The number of likely N-dealkylation sites (N-methyl/N-ethyl adjacent to an activating group) is 1. The third kappa shape index (κ3) is 4.79. The normalized spacial score (nSPS) is 15.2. The maximum Gasteiger partial charge on any atom is 0.247 e. The zero-order valence-corrected chi connectivity index (χ0v) is 15.0. The van der Waals surface area contributed by atoms with E-state index in [-0.39, 0.29) is 0 Å². The Labute approximate surface area is 149 Å². The van der Waals surface area contributed by atoms with Gasteiger partial charge in [0.05, 0.1) is 13.3 Å². The van der Waals surface area contributed by atoms with E-state index in [0.717, 1.165) is 57.3 Å². The summed E-state index contributed by atoms with van der Waals surface area (Å²) in [6, 6.07) is 8.11. The largest absolute Gasteiger partial charge is 0.497 e. The summed E-state index contributed by atoms with van der Waals surface area (Å²) in [4.78, 5) is 9.24. The molecule has 2 heterocycles. The molecule has 0 spiro atoms. The predicted octanol–water partition coefficient (Wildman–Crippen LogP) is 1.68. The molecule has 0 radical (unpaired) electrons. The molecule has 0 aliphatic carbocycles. The SMILES string of the molecule is CCN1CCN(c2nncc(NCCc3cccc(OC)c3)n2)CC1. The molecule has 0 saturated carbocycles. The molecule has 7 heteroatoms. The van der Waals surface area contributed by atoms with Crippen molar-refractivity contribution in [3.8, 4) is 5.75 Å². The Hall–Kier alpha value is -2.41. The summed E-state index contributed by atoms with van der Waals surface area (Å²) in [5, 5.41) is 11.6. The van der Waals surface area contributed by atoms with E-state index in [1.54, 1.807) is 13.3 Å². The summed E-state index contributed by atoms with van der Waals surface area (Å²) in [5.41, 5.74) is 1.23. The Kier molecular flexibility index (Phi) is 6.00. The van der Waals surface area contributed by atoms with Crippen molar-refractivity contribution >= 4 is 11.8 Å². The highest BCUT2D eigenvalue weighted by molar-refractivity contribution is 5.39. The molecule has 0 unspecified atom stereocenters. The van der Waals surface area contributed by atoms with Gasteiger partial charge in [0.1, 0.15) is 5.75 Å². The summed E-state index contributed by atoms with van der Waals surface area (Å²) in [7, 11) is 1.69. The number of rotatable bonds is 7. The molecule has 1 aromatic heterocycles. The molecule has 1 aromatic carbocycles. The fraction of sp³-hybridized carbons (Fsp3) is 0.500. The van der Waals surface area contributed by atoms with Crippen molar-refractivity contribution in [2.24, 2.45) is 0 Å². The highest BCUT2D eigenvalue weighted by atomic mass is 16.5. The van der Waals surface area contributed by atoms with Crippen LogP contribution in [0.15, 0.2) is 30.5 Å². The maximum absolute atomic E-state index is 5.26. The van der Waals surface area contributed by atoms with Crippen molar-refractivity contribution in [2.75, 3.05) is 56.6 Å². The van der Waals surface area contributed by atoms with Gasteiger partial charge in [-0.2, -0.15) is 10.1 Å². The molecule has 1 fully saturated rings. The van der Waals surface area contributed by atoms with Crippen molar-refractivity contribution in [1.29, 1.82) is 0 Å². The van der Waals surface area contributed by atoms with E-state index in [4.69, 9.17) is 4.74 Å². The van der Waals surface area contributed by atoms with E-state index in [9.17, 15) is 0 Å². The predicted molar refractivity (Wildman–Crippen MR) is 99.3 cm³/mol. The monoisotopic (exact) mass is 342 g/mol. The van der Waals surface area contributed by atoms with Crippen LogP contribution in [-0.2, 0) is 6.42 Å². The van der Waals surface area contributed by atoms with Crippen LogP contribution in [0.5, 0.6) is 5.75 Å². The first-order valence-corrected chi connectivity index (χ1v) is 8.82. The van der Waals surface area contributed by atoms with Crippen LogP contribution in [0.1, 0.15) is 12.5 Å². The van der Waals surface area contributed by atoms with E-state index in [1.807, 2.05) is 12.1 Å². The number of anilines is 2. The maximum atomic E-state index is 5.26. The summed E-state index contributed by atoms with van der Waals surface area (Å²) in [6.07, 6.45) is 2.57. The molecule has 1 aliphatic rings. The fourth-order valence-electron chi connectivity index (χ4n) is 2.94. The van der Waals surface area contributed by atoms with Crippen LogP contribution < -0.4 is 15.0 Å². The third-order valence-corrected chi connectivity index (χ3v) is 4.50. The van der Waals surface area contributed by atoms with Crippen LogP contribution in [0.3, 0.4) is 0 Å². The number of nitrogens with zero attached hydrogens (tertiary/aromatic N) is 5. The number of methoxy groups -OCH3 is 1. The minimum Gasteiger partial charge on any atom is -0.497 e. The second-order valence-electron chi connectivity index (χ2n) is 6.09. The van der Waals surface area contributed by atoms with Crippen LogP contribution in [-0.4, -0.2) is 66.5 Å². The molecule has 1 saturated heterocycles. The van der Waals surface area contributed by atoms with Crippen molar-refractivity contribution in [1.82, 2.24) is 20.1 Å². The molecule has 1 aliphatic heterocycles. The molecule has 0 atom stereocenters. The number of hydrogen-bond donors (Lipinski definition) is 1. The minimum absolute atomic E-state index is 0.710. The lowest BCUT2D eigenvalue weighted by atomic mass is 10.1. The van der Waals surface area contributed by atoms with Crippen molar-refractivity contribution < 1.29 is 4.74 Å². The molecule has 7 nitrogen and oxygen atoms in total. The third-order valence-electron chi connectivity index (χ3n) is 4.50. The van der Waals surface area contributed by atoms with Gasteiger partial charge in [0, 0.05) is 32.7 Å². The van der Waals surface area contributed by atoms with Crippen molar-refractivity contribution in [2.45, 2.75) is 13.3 Å². The van der Waals surface area contributed by atoms with Crippen molar-refractivity contribution in [3.05, 3.63) is 36.0 Å². The quantitative estimate of drug-likeness (QED) is 0.821. The van der Waals surface area contributed by atoms with E-state index < -0.39 is 0 Å². The van der Waals surface area contributed by atoms with E-state index in [1.165, 1.54) is 5.56 Å². The summed E-state index contributed by atoms with van der Waals surface area (Å²) < 4.78 is 5.26. The Morgan fingerprint density at radius 2 is 2.04 bits per heavy atom. The standard InChI is InChI=1S/C18H26N6O/c1-3-23-9-11-24(12-10-23)18-21-17(14-20-22-18)19-8-7-15-5-4-6-16(13-15)25-2/h4-6,13-14H,3,7-12H2,1-2H3,(H,19,21,22). The van der Waals surface area contributed by atoms with Crippen LogP contribution in [0.25, 0.3) is 0 Å². The number of nitrogens with one attached hydrogen (secondary N) is 1. The zero-order chi connectivity index (χ0) is 17.5. The van der Waals surface area contributed by atoms with Gasteiger partial charge in [0.15, 0.2) is 5.82 Å². The zero-order valence-electron chi connectivity index (χ0n) is 15.0. The minimum atomic E-state index is 0.710. The van der Waals surface area contributed by atoms with Gasteiger partial charge in [0.2, 0.25) is 5.95 Å². The second-order valence-corrected chi connectivity index (χ2v) is 6.09. The molecular weight excluding hydrogens is 316 g/mol. The van der Waals surface area contributed by atoms with Gasteiger partial charge in [-0.3, -0.25) is 0 Å². The van der Waals surface area contributed by atoms with Gasteiger partial charge in [-0.15, -0.1) is 5.10 Å². The van der Waals surface area contributed by atoms with Gasteiger partial charge < -0.3 is 19.9 Å². The van der Waals surface area contributed by atoms with Gasteiger partial charge in [-0.1, -0.05) is 19.1 Å². The average molecular weight is 342 g/mol. The molecule has 25 heavy (non-hydrogen) atoms. The van der Waals surface area contributed by atoms with Gasteiger partial charge in [-0.05, 0) is 30.7 Å². The summed E-state index contributed by atoms with van der Waals surface area (Å²) in [6.45, 7) is 8.07. The smallest absolute Gasteiger partial charge is 0.247 e. The molecule has 134 valence electrons. The highest BCUT2D eigenvalue weighted by Crippen LogP contribution is 2.14. The summed E-state index contributed by atoms with van der Waals surface area (Å²) in [5.74, 6) is 2.36.